The van der Waals surface area contributed by atoms with Crippen LogP contribution < -0.4 is 10.1 Å². The zero-order valence-corrected chi connectivity index (χ0v) is 12.7. The second-order valence-electron chi connectivity index (χ2n) is 5.49. The second kappa shape index (κ2) is 6.93. The molecule has 0 radical (unpaired) electrons. The fourth-order valence-corrected chi connectivity index (χ4v) is 2.17. The van der Waals surface area contributed by atoms with Gasteiger partial charge in [0.15, 0.2) is 0 Å². The summed E-state index contributed by atoms with van der Waals surface area (Å²) >= 11 is 0. The quantitative estimate of drug-likeness (QED) is 0.876. The van der Waals surface area contributed by atoms with Crippen LogP contribution >= 0.6 is 0 Å². The van der Waals surface area contributed by atoms with Gasteiger partial charge in [0.2, 0.25) is 0 Å². The van der Waals surface area contributed by atoms with E-state index in [1.54, 1.807) is 18.5 Å². The predicted octanol–water partition coefficient (Wildman–Crippen LogP) is 3.24. The van der Waals surface area contributed by atoms with Crippen LogP contribution in [0.3, 0.4) is 0 Å². The Morgan fingerprint density at radius 3 is 2.67 bits per heavy atom. The molecule has 2 aromatic rings. The number of hydrogen-bond acceptors (Lipinski definition) is 3. The first kappa shape index (κ1) is 16.3. The van der Waals surface area contributed by atoms with Gasteiger partial charge >= 0.3 is 6.18 Å². The van der Waals surface area contributed by atoms with Crippen molar-refractivity contribution in [2.24, 2.45) is 0 Å². The molecule has 0 aliphatic carbocycles. The van der Waals surface area contributed by atoms with Crippen LogP contribution in [0.2, 0.25) is 0 Å². The molecule has 1 aliphatic rings. The van der Waals surface area contributed by atoms with Crippen molar-refractivity contribution in [1.82, 2.24) is 10.3 Å². The first-order chi connectivity index (χ1) is 11.5. The molecule has 0 spiro atoms. The predicted molar refractivity (Wildman–Crippen MR) is 83.6 cm³/mol. The topological polar surface area (TPSA) is 34.1 Å². The van der Waals surface area contributed by atoms with Crippen LogP contribution in [0.15, 0.2) is 42.7 Å². The Balaban J connectivity index is 1.71. The van der Waals surface area contributed by atoms with Crippen molar-refractivity contribution in [2.45, 2.75) is 18.6 Å². The molecule has 1 atom stereocenters. The SMILES string of the molecule is FC(F)(F)c1cccc(C#Cc2cncc(OC[C@@H]3CCN3)c2)c1. The Morgan fingerprint density at radius 1 is 1.17 bits per heavy atom. The molecule has 1 N–H and O–H groups in total. The third-order valence-electron chi connectivity index (χ3n) is 3.63. The van der Waals surface area contributed by atoms with E-state index in [0.29, 0.717) is 29.5 Å². The fraction of sp³-hybridized carbons (Fsp3) is 0.278. The van der Waals surface area contributed by atoms with Gasteiger partial charge in [-0.05, 0) is 37.2 Å². The van der Waals surface area contributed by atoms with Crippen molar-refractivity contribution in [2.75, 3.05) is 13.2 Å². The lowest BCUT2D eigenvalue weighted by Crippen LogP contribution is -2.46. The molecule has 1 aromatic heterocycles. The first-order valence-corrected chi connectivity index (χ1v) is 7.51. The van der Waals surface area contributed by atoms with Crippen LogP contribution in [0.4, 0.5) is 13.2 Å². The summed E-state index contributed by atoms with van der Waals surface area (Å²) in [6.07, 6.45) is -0.145. The van der Waals surface area contributed by atoms with E-state index < -0.39 is 11.7 Å². The molecule has 24 heavy (non-hydrogen) atoms. The molecule has 1 aromatic carbocycles. The summed E-state index contributed by atoms with van der Waals surface area (Å²) in [5, 5.41) is 3.23. The van der Waals surface area contributed by atoms with Gasteiger partial charge in [-0.2, -0.15) is 13.2 Å². The van der Waals surface area contributed by atoms with Crippen LogP contribution in [0.5, 0.6) is 5.75 Å². The van der Waals surface area contributed by atoms with Gasteiger partial charge in [0.1, 0.15) is 12.4 Å². The minimum absolute atomic E-state index is 0.301. The summed E-state index contributed by atoms with van der Waals surface area (Å²) in [7, 11) is 0. The van der Waals surface area contributed by atoms with E-state index in [9.17, 15) is 13.2 Å². The molecule has 124 valence electrons. The molecule has 1 saturated heterocycles. The van der Waals surface area contributed by atoms with E-state index >= 15 is 0 Å². The normalized spacial score (nSPS) is 16.7. The fourth-order valence-electron chi connectivity index (χ4n) is 2.17. The van der Waals surface area contributed by atoms with Gasteiger partial charge in [-0.3, -0.25) is 4.98 Å². The van der Waals surface area contributed by atoms with Crippen molar-refractivity contribution >= 4 is 0 Å². The Hall–Kier alpha value is -2.52. The van der Waals surface area contributed by atoms with Crippen LogP contribution in [-0.2, 0) is 6.18 Å². The molecule has 3 nitrogen and oxygen atoms in total. The Labute approximate surface area is 137 Å². The van der Waals surface area contributed by atoms with Gasteiger partial charge in [-0.1, -0.05) is 17.9 Å². The van der Waals surface area contributed by atoms with E-state index in [1.165, 1.54) is 12.1 Å². The number of nitrogens with one attached hydrogen (secondary N) is 1. The number of alkyl halides is 3. The van der Waals surface area contributed by atoms with Gasteiger partial charge in [-0.15, -0.1) is 0 Å². The summed E-state index contributed by atoms with van der Waals surface area (Å²) < 4.78 is 43.7. The first-order valence-electron chi connectivity index (χ1n) is 7.51. The number of aromatic nitrogens is 1. The molecule has 0 bridgehead atoms. The number of hydrogen-bond donors (Lipinski definition) is 1. The summed E-state index contributed by atoms with van der Waals surface area (Å²) in [5.74, 6) is 6.15. The maximum atomic E-state index is 12.7. The van der Waals surface area contributed by atoms with E-state index in [-0.39, 0.29) is 0 Å². The van der Waals surface area contributed by atoms with Crippen LogP contribution in [0.25, 0.3) is 0 Å². The van der Waals surface area contributed by atoms with Crippen molar-refractivity contribution in [3.05, 3.63) is 59.4 Å². The lowest BCUT2D eigenvalue weighted by Gasteiger charge is -2.27. The second-order valence-corrected chi connectivity index (χ2v) is 5.49. The molecule has 6 heteroatoms. The molecular weight excluding hydrogens is 317 g/mol. The van der Waals surface area contributed by atoms with Crippen LogP contribution in [-0.4, -0.2) is 24.2 Å². The van der Waals surface area contributed by atoms with Gasteiger partial charge < -0.3 is 10.1 Å². The van der Waals surface area contributed by atoms with Crippen molar-refractivity contribution in [3.8, 4) is 17.6 Å². The molecule has 0 amide bonds. The Bertz CT molecular complexity index is 774. The van der Waals surface area contributed by atoms with Gasteiger partial charge in [0.25, 0.3) is 0 Å². The van der Waals surface area contributed by atoms with Crippen molar-refractivity contribution in [3.63, 3.8) is 0 Å². The maximum absolute atomic E-state index is 12.7. The zero-order valence-electron chi connectivity index (χ0n) is 12.7. The minimum atomic E-state index is -4.37. The number of rotatable bonds is 3. The number of nitrogens with zero attached hydrogens (tertiary/aromatic N) is 1. The summed E-state index contributed by atoms with van der Waals surface area (Å²) in [6.45, 7) is 1.57. The summed E-state index contributed by atoms with van der Waals surface area (Å²) in [6, 6.07) is 7.03. The van der Waals surface area contributed by atoms with Crippen molar-refractivity contribution in [1.29, 1.82) is 0 Å². The number of benzene rings is 1. The highest BCUT2D eigenvalue weighted by molar-refractivity contribution is 5.45. The molecule has 0 unspecified atom stereocenters. The molecule has 1 fully saturated rings. The number of halogens is 3. The molecule has 0 saturated carbocycles. The Kier molecular flexibility index (Phi) is 4.72. The standard InChI is InChI=1S/C18H15F3N2O/c19-18(20,21)15-3-1-2-13(8-15)4-5-14-9-17(11-22-10-14)24-12-16-6-7-23-16/h1-3,8-11,16,23H,6-7,12H2/t16-/m0/s1. The lowest BCUT2D eigenvalue weighted by molar-refractivity contribution is -0.137. The third-order valence-corrected chi connectivity index (χ3v) is 3.63. The molecule has 1 aliphatic heterocycles. The van der Waals surface area contributed by atoms with E-state index in [4.69, 9.17) is 4.74 Å². The number of ether oxygens (including phenoxy) is 1. The zero-order chi connectivity index (χ0) is 17.0. The van der Waals surface area contributed by atoms with Gasteiger partial charge in [0.05, 0.1) is 11.8 Å². The molecule has 3 rings (SSSR count). The van der Waals surface area contributed by atoms with Gasteiger partial charge in [0, 0.05) is 23.4 Å². The average molecular weight is 332 g/mol. The summed E-state index contributed by atoms with van der Waals surface area (Å²) in [4.78, 5) is 4.05. The van der Waals surface area contributed by atoms with Crippen molar-refractivity contribution < 1.29 is 17.9 Å². The highest BCUT2D eigenvalue weighted by Crippen LogP contribution is 2.29. The highest BCUT2D eigenvalue weighted by Gasteiger charge is 2.30. The van der Waals surface area contributed by atoms with Crippen LogP contribution in [0, 0.1) is 11.8 Å². The van der Waals surface area contributed by atoms with E-state index in [1.807, 2.05) is 0 Å². The smallest absolute Gasteiger partial charge is 0.416 e. The Morgan fingerprint density at radius 2 is 1.96 bits per heavy atom. The molecular formula is C18H15F3N2O. The highest BCUT2D eigenvalue weighted by atomic mass is 19.4. The average Bonchev–Trinajstić information content (AvgIpc) is 2.51. The van der Waals surface area contributed by atoms with Crippen LogP contribution in [0.1, 0.15) is 23.1 Å². The lowest BCUT2D eigenvalue weighted by atomic mass is 10.1. The minimum Gasteiger partial charge on any atom is -0.490 e. The maximum Gasteiger partial charge on any atom is 0.416 e. The van der Waals surface area contributed by atoms with E-state index in [0.717, 1.165) is 25.1 Å². The van der Waals surface area contributed by atoms with E-state index in [2.05, 4.69) is 22.1 Å². The third kappa shape index (κ3) is 4.27. The molecule has 2 heterocycles. The summed E-state index contributed by atoms with van der Waals surface area (Å²) in [5.41, 5.74) is 0.179. The monoisotopic (exact) mass is 332 g/mol. The largest absolute Gasteiger partial charge is 0.490 e. The number of pyridine rings is 1. The van der Waals surface area contributed by atoms with Gasteiger partial charge in [-0.25, -0.2) is 0 Å².